The first-order valence-electron chi connectivity index (χ1n) is 7.63. The van der Waals surface area contributed by atoms with Gasteiger partial charge < -0.3 is 10.1 Å². The fourth-order valence-corrected chi connectivity index (χ4v) is 3.01. The van der Waals surface area contributed by atoms with E-state index in [2.05, 4.69) is 41.5 Å². The Morgan fingerprint density at radius 1 is 1.14 bits per heavy atom. The lowest BCUT2D eigenvalue weighted by Gasteiger charge is -2.03. The Bertz CT molecular complexity index is 499. The molecular formula is C17H24N2OS. The number of hydrogen-bond donors (Lipinski definition) is 1. The third-order valence-corrected chi connectivity index (χ3v) is 4.25. The summed E-state index contributed by atoms with van der Waals surface area (Å²) in [6, 6.07) is 8.50. The lowest BCUT2D eigenvalue weighted by atomic mass is 10.1. The highest BCUT2D eigenvalue weighted by Crippen LogP contribution is 2.17. The van der Waals surface area contributed by atoms with E-state index >= 15 is 0 Å². The number of thiophene rings is 1. The van der Waals surface area contributed by atoms with E-state index in [9.17, 15) is 0 Å². The fraction of sp³-hybridized carbons (Fsp3) is 0.471. The Hall–Kier alpha value is -1.23. The minimum absolute atomic E-state index is 0.731. The molecule has 21 heavy (non-hydrogen) atoms. The molecule has 2 heterocycles. The average Bonchev–Trinajstić information content (AvgIpc) is 2.96. The van der Waals surface area contributed by atoms with Crippen molar-refractivity contribution in [3.8, 4) is 0 Å². The number of aryl methyl sites for hydroxylation is 1. The van der Waals surface area contributed by atoms with Crippen LogP contribution in [0, 0.1) is 0 Å². The number of hydrogen-bond acceptors (Lipinski definition) is 4. The summed E-state index contributed by atoms with van der Waals surface area (Å²) in [5, 5.41) is 3.42. The molecule has 0 aliphatic carbocycles. The maximum Gasteiger partial charge on any atom is 0.0809 e. The Morgan fingerprint density at radius 3 is 2.76 bits per heavy atom. The van der Waals surface area contributed by atoms with E-state index in [1.165, 1.54) is 21.7 Å². The highest BCUT2D eigenvalue weighted by Gasteiger charge is 2.00. The van der Waals surface area contributed by atoms with Crippen molar-refractivity contribution in [3.05, 3.63) is 52.0 Å². The van der Waals surface area contributed by atoms with Crippen molar-refractivity contribution in [2.75, 3.05) is 13.2 Å². The standard InChI is InChI=1S/C17H24N2OS/c1-2-9-19-13-16-5-6-17(21-16)14-20-12-3-4-15-7-10-18-11-8-15/h5-8,10-11,19H,2-4,9,12-14H2,1H3. The summed E-state index contributed by atoms with van der Waals surface area (Å²) in [6.45, 7) is 5.78. The van der Waals surface area contributed by atoms with Gasteiger partial charge in [-0.15, -0.1) is 11.3 Å². The first-order valence-corrected chi connectivity index (χ1v) is 8.45. The van der Waals surface area contributed by atoms with Crippen molar-refractivity contribution in [2.24, 2.45) is 0 Å². The van der Waals surface area contributed by atoms with E-state index < -0.39 is 0 Å². The highest BCUT2D eigenvalue weighted by atomic mass is 32.1. The summed E-state index contributed by atoms with van der Waals surface area (Å²) in [4.78, 5) is 6.72. The van der Waals surface area contributed by atoms with Gasteiger partial charge in [-0.3, -0.25) is 4.98 Å². The number of aromatic nitrogens is 1. The molecule has 0 saturated heterocycles. The van der Waals surface area contributed by atoms with E-state index in [0.717, 1.165) is 39.1 Å². The Labute approximate surface area is 131 Å². The quantitative estimate of drug-likeness (QED) is 0.678. The summed E-state index contributed by atoms with van der Waals surface area (Å²) in [5.41, 5.74) is 1.33. The monoisotopic (exact) mass is 304 g/mol. The third kappa shape index (κ3) is 6.38. The molecule has 114 valence electrons. The number of pyridine rings is 1. The van der Waals surface area contributed by atoms with Gasteiger partial charge >= 0.3 is 0 Å². The van der Waals surface area contributed by atoms with Gasteiger partial charge in [0.05, 0.1) is 6.61 Å². The van der Waals surface area contributed by atoms with E-state index in [-0.39, 0.29) is 0 Å². The molecule has 0 atom stereocenters. The first kappa shape index (κ1) is 16.1. The number of nitrogens with zero attached hydrogens (tertiary/aromatic N) is 1. The van der Waals surface area contributed by atoms with Gasteiger partial charge in [0.25, 0.3) is 0 Å². The van der Waals surface area contributed by atoms with Crippen molar-refractivity contribution in [1.82, 2.24) is 10.3 Å². The van der Waals surface area contributed by atoms with E-state index in [4.69, 9.17) is 4.74 Å². The molecular weight excluding hydrogens is 280 g/mol. The normalized spacial score (nSPS) is 10.9. The SMILES string of the molecule is CCCNCc1ccc(COCCCc2ccncc2)s1. The van der Waals surface area contributed by atoms with Crippen LogP contribution >= 0.6 is 11.3 Å². The summed E-state index contributed by atoms with van der Waals surface area (Å²) < 4.78 is 5.75. The summed E-state index contributed by atoms with van der Waals surface area (Å²) in [5.74, 6) is 0. The van der Waals surface area contributed by atoms with Crippen LogP contribution in [0.1, 0.15) is 35.1 Å². The van der Waals surface area contributed by atoms with Gasteiger partial charge in [-0.05, 0) is 55.6 Å². The zero-order valence-electron chi connectivity index (χ0n) is 12.7. The van der Waals surface area contributed by atoms with Crippen LogP contribution in [0.4, 0.5) is 0 Å². The smallest absolute Gasteiger partial charge is 0.0809 e. The van der Waals surface area contributed by atoms with E-state index in [0.29, 0.717) is 0 Å². The van der Waals surface area contributed by atoms with Crippen molar-refractivity contribution >= 4 is 11.3 Å². The van der Waals surface area contributed by atoms with Crippen LogP contribution in [0.2, 0.25) is 0 Å². The molecule has 3 nitrogen and oxygen atoms in total. The zero-order chi connectivity index (χ0) is 14.8. The molecule has 2 aromatic heterocycles. The molecule has 0 spiro atoms. The van der Waals surface area contributed by atoms with Crippen LogP contribution in [0.5, 0.6) is 0 Å². The lowest BCUT2D eigenvalue weighted by Crippen LogP contribution is -2.12. The molecule has 0 radical (unpaired) electrons. The third-order valence-electron chi connectivity index (χ3n) is 3.19. The van der Waals surface area contributed by atoms with Gasteiger partial charge in [-0.1, -0.05) is 6.92 Å². The van der Waals surface area contributed by atoms with Crippen LogP contribution in [0.25, 0.3) is 0 Å². The average molecular weight is 304 g/mol. The Balaban J connectivity index is 1.58. The van der Waals surface area contributed by atoms with Crippen LogP contribution in [0.3, 0.4) is 0 Å². The Morgan fingerprint density at radius 2 is 1.95 bits per heavy atom. The molecule has 4 heteroatoms. The Kier molecular flexibility index (Phi) is 7.43. The van der Waals surface area contributed by atoms with Gasteiger partial charge in [0.2, 0.25) is 0 Å². The molecule has 0 unspecified atom stereocenters. The number of nitrogens with one attached hydrogen (secondary N) is 1. The predicted molar refractivity (Wildman–Crippen MR) is 88.5 cm³/mol. The van der Waals surface area contributed by atoms with Gasteiger partial charge in [0.15, 0.2) is 0 Å². The molecule has 2 rings (SSSR count). The van der Waals surface area contributed by atoms with Gasteiger partial charge in [0.1, 0.15) is 0 Å². The maximum absolute atomic E-state index is 5.75. The summed E-state index contributed by atoms with van der Waals surface area (Å²) in [7, 11) is 0. The summed E-state index contributed by atoms with van der Waals surface area (Å²) in [6.07, 6.45) is 6.98. The molecule has 2 aromatic rings. The number of ether oxygens (including phenoxy) is 1. The van der Waals surface area contributed by atoms with Crippen molar-refractivity contribution in [2.45, 2.75) is 39.3 Å². The second-order valence-corrected chi connectivity index (χ2v) is 6.31. The largest absolute Gasteiger partial charge is 0.376 e. The molecule has 0 bridgehead atoms. The second-order valence-electron chi connectivity index (χ2n) is 5.06. The molecule has 0 aromatic carbocycles. The van der Waals surface area contributed by atoms with E-state index in [1.807, 2.05) is 23.7 Å². The van der Waals surface area contributed by atoms with Gasteiger partial charge in [0, 0.05) is 35.3 Å². The molecule has 0 fully saturated rings. The minimum atomic E-state index is 0.731. The van der Waals surface area contributed by atoms with E-state index in [1.54, 1.807) is 0 Å². The molecule has 1 N–H and O–H groups in total. The van der Waals surface area contributed by atoms with Crippen LogP contribution in [-0.2, 0) is 24.3 Å². The molecule has 0 saturated carbocycles. The van der Waals surface area contributed by atoms with Crippen LogP contribution < -0.4 is 5.32 Å². The van der Waals surface area contributed by atoms with Crippen molar-refractivity contribution in [1.29, 1.82) is 0 Å². The molecule has 0 aliphatic rings. The molecule has 0 aliphatic heterocycles. The lowest BCUT2D eigenvalue weighted by molar-refractivity contribution is 0.121. The summed E-state index contributed by atoms with van der Waals surface area (Å²) >= 11 is 1.84. The maximum atomic E-state index is 5.75. The predicted octanol–water partition coefficient (Wildman–Crippen LogP) is 3.79. The number of rotatable bonds is 10. The van der Waals surface area contributed by atoms with Gasteiger partial charge in [-0.2, -0.15) is 0 Å². The van der Waals surface area contributed by atoms with Crippen LogP contribution in [0.15, 0.2) is 36.7 Å². The van der Waals surface area contributed by atoms with Crippen molar-refractivity contribution < 1.29 is 4.74 Å². The molecule has 0 amide bonds. The highest BCUT2D eigenvalue weighted by molar-refractivity contribution is 7.11. The fourth-order valence-electron chi connectivity index (χ4n) is 2.08. The zero-order valence-corrected chi connectivity index (χ0v) is 13.5. The van der Waals surface area contributed by atoms with Crippen LogP contribution in [-0.4, -0.2) is 18.1 Å². The first-order chi connectivity index (χ1) is 10.4. The second kappa shape index (κ2) is 9.66. The minimum Gasteiger partial charge on any atom is -0.376 e. The topological polar surface area (TPSA) is 34.1 Å². The van der Waals surface area contributed by atoms with Crippen molar-refractivity contribution in [3.63, 3.8) is 0 Å². The van der Waals surface area contributed by atoms with Gasteiger partial charge in [-0.25, -0.2) is 0 Å².